The van der Waals surface area contributed by atoms with Crippen LogP contribution >= 0.6 is 0 Å². The van der Waals surface area contributed by atoms with Gasteiger partial charge in [-0.25, -0.2) is 8.42 Å². The lowest BCUT2D eigenvalue weighted by molar-refractivity contribution is 0.133. The molecule has 1 aromatic heterocycles. The fourth-order valence-corrected chi connectivity index (χ4v) is 4.37. The lowest BCUT2D eigenvalue weighted by Gasteiger charge is -2.23. The number of hydrogen-bond acceptors (Lipinski definition) is 4. The van der Waals surface area contributed by atoms with Crippen LogP contribution in [0.15, 0.2) is 41.4 Å². The van der Waals surface area contributed by atoms with Gasteiger partial charge in [0.05, 0.1) is 23.7 Å². The van der Waals surface area contributed by atoms with Gasteiger partial charge in [0.25, 0.3) is 0 Å². The Labute approximate surface area is 136 Å². The number of nitrogens with zero attached hydrogens (tertiary/aromatic N) is 3. The molecule has 0 radical (unpaired) electrons. The first-order valence-corrected chi connectivity index (χ1v) is 9.01. The lowest BCUT2D eigenvalue weighted by atomic mass is 10.1. The van der Waals surface area contributed by atoms with Gasteiger partial charge < -0.3 is 4.74 Å². The highest BCUT2D eigenvalue weighted by Crippen LogP contribution is 2.23. The van der Waals surface area contributed by atoms with E-state index in [1.54, 1.807) is 25.4 Å². The van der Waals surface area contributed by atoms with Gasteiger partial charge in [-0.2, -0.15) is 9.40 Å². The molecule has 0 aliphatic carbocycles. The quantitative estimate of drug-likeness (QED) is 0.852. The van der Waals surface area contributed by atoms with Crippen molar-refractivity contribution in [3.05, 3.63) is 47.8 Å². The van der Waals surface area contributed by atoms with Crippen molar-refractivity contribution in [2.45, 2.75) is 24.9 Å². The summed E-state index contributed by atoms with van der Waals surface area (Å²) < 4.78 is 34.6. The largest absolute Gasteiger partial charge is 0.384 e. The first-order chi connectivity index (χ1) is 11.0. The Morgan fingerprint density at radius 1 is 1.22 bits per heavy atom. The number of aromatic nitrogens is 2. The summed E-state index contributed by atoms with van der Waals surface area (Å²) >= 11 is 0. The first kappa shape index (κ1) is 16.2. The molecule has 6 nitrogen and oxygen atoms in total. The van der Waals surface area contributed by atoms with Crippen LogP contribution < -0.4 is 0 Å². The zero-order valence-corrected chi connectivity index (χ0v) is 14.2. The lowest BCUT2D eigenvalue weighted by Crippen LogP contribution is -2.35. The number of benzene rings is 1. The van der Waals surface area contributed by atoms with Gasteiger partial charge in [0.15, 0.2) is 0 Å². The van der Waals surface area contributed by atoms with Gasteiger partial charge in [-0.3, -0.25) is 4.68 Å². The fraction of sp³-hybridized carbons (Fsp3) is 0.438. The standard InChI is InChI=1S/C16H21N3O3S/c1-13-3-5-16(6-4-13)23(20,21)18-9-14(12-22-2)10-19-15(11-18)7-8-17-19/h3-8,14H,9-12H2,1-2H3/t14-/m1/s1. The van der Waals surface area contributed by atoms with Crippen LogP contribution in [0.4, 0.5) is 0 Å². The molecule has 124 valence electrons. The second-order valence-electron chi connectivity index (χ2n) is 5.94. The van der Waals surface area contributed by atoms with E-state index in [0.29, 0.717) is 31.1 Å². The molecule has 0 saturated heterocycles. The summed E-state index contributed by atoms with van der Waals surface area (Å²) in [6.07, 6.45) is 1.71. The zero-order chi connectivity index (χ0) is 16.4. The Balaban J connectivity index is 1.95. The molecule has 0 spiro atoms. The zero-order valence-electron chi connectivity index (χ0n) is 13.3. The van der Waals surface area contributed by atoms with E-state index in [-0.39, 0.29) is 5.92 Å². The van der Waals surface area contributed by atoms with Gasteiger partial charge in [-0.1, -0.05) is 17.7 Å². The maximum atomic E-state index is 13.0. The molecule has 0 amide bonds. The van der Waals surface area contributed by atoms with Gasteiger partial charge in [0, 0.05) is 32.3 Å². The minimum absolute atomic E-state index is 0.0707. The molecule has 0 unspecified atom stereocenters. The molecule has 23 heavy (non-hydrogen) atoms. The predicted octanol–water partition coefficient (Wildman–Crippen LogP) is 1.66. The molecular formula is C16H21N3O3S. The summed E-state index contributed by atoms with van der Waals surface area (Å²) in [5.41, 5.74) is 1.94. The van der Waals surface area contributed by atoms with Crippen molar-refractivity contribution in [3.8, 4) is 0 Å². The van der Waals surface area contributed by atoms with Crippen molar-refractivity contribution in [2.75, 3.05) is 20.3 Å². The monoisotopic (exact) mass is 335 g/mol. The third-order valence-electron chi connectivity index (χ3n) is 4.10. The van der Waals surface area contributed by atoms with Crippen molar-refractivity contribution in [2.24, 2.45) is 5.92 Å². The number of rotatable bonds is 4. The summed E-state index contributed by atoms with van der Waals surface area (Å²) in [6.45, 7) is 3.86. The van der Waals surface area contributed by atoms with Crippen molar-refractivity contribution in [1.82, 2.24) is 14.1 Å². The van der Waals surface area contributed by atoms with E-state index in [9.17, 15) is 8.42 Å². The Hall–Kier alpha value is -1.70. The van der Waals surface area contributed by atoms with Crippen molar-refractivity contribution >= 4 is 10.0 Å². The molecule has 0 N–H and O–H groups in total. The number of hydrogen-bond donors (Lipinski definition) is 0. The minimum Gasteiger partial charge on any atom is -0.384 e. The van der Waals surface area contributed by atoms with Crippen LogP contribution in [0.3, 0.4) is 0 Å². The number of sulfonamides is 1. The van der Waals surface area contributed by atoms with E-state index in [2.05, 4.69) is 5.10 Å². The van der Waals surface area contributed by atoms with Crippen molar-refractivity contribution < 1.29 is 13.2 Å². The maximum Gasteiger partial charge on any atom is 0.243 e. The van der Waals surface area contributed by atoms with E-state index in [0.717, 1.165) is 11.3 Å². The van der Waals surface area contributed by atoms with E-state index < -0.39 is 10.0 Å². The van der Waals surface area contributed by atoms with Gasteiger partial charge in [-0.05, 0) is 25.1 Å². The highest BCUT2D eigenvalue weighted by atomic mass is 32.2. The molecule has 0 bridgehead atoms. The molecule has 7 heteroatoms. The van der Waals surface area contributed by atoms with E-state index in [4.69, 9.17) is 4.74 Å². The molecule has 1 aromatic carbocycles. The number of aryl methyl sites for hydroxylation is 1. The Morgan fingerprint density at radius 2 is 1.96 bits per heavy atom. The van der Waals surface area contributed by atoms with Crippen LogP contribution in [0.2, 0.25) is 0 Å². The van der Waals surface area contributed by atoms with E-state index in [1.165, 1.54) is 4.31 Å². The topological polar surface area (TPSA) is 64.4 Å². The highest BCUT2D eigenvalue weighted by molar-refractivity contribution is 7.89. The second-order valence-corrected chi connectivity index (χ2v) is 7.87. The van der Waals surface area contributed by atoms with Crippen LogP contribution in [0, 0.1) is 12.8 Å². The minimum atomic E-state index is -3.54. The van der Waals surface area contributed by atoms with Crippen molar-refractivity contribution in [3.63, 3.8) is 0 Å². The average molecular weight is 335 g/mol. The van der Waals surface area contributed by atoms with Crippen LogP contribution in [-0.4, -0.2) is 42.8 Å². The first-order valence-electron chi connectivity index (χ1n) is 7.57. The number of methoxy groups -OCH3 is 1. The smallest absolute Gasteiger partial charge is 0.243 e. The van der Waals surface area contributed by atoms with Crippen LogP contribution in [0.5, 0.6) is 0 Å². The van der Waals surface area contributed by atoms with Crippen LogP contribution in [0.1, 0.15) is 11.3 Å². The average Bonchev–Trinajstić information content (AvgIpc) is 2.86. The molecule has 0 saturated carbocycles. The molecule has 2 aromatic rings. The van der Waals surface area contributed by atoms with Crippen molar-refractivity contribution in [1.29, 1.82) is 0 Å². The second kappa shape index (κ2) is 6.43. The van der Waals surface area contributed by atoms with E-state index >= 15 is 0 Å². The van der Waals surface area contributed by atoms with Gasteiger partial charge in [-0.15, -0.1) is 0 Å². The summed E-state index contributed by atoms with van der Waals surface area (Å²) in [6, 6.07) is 8.84. The van der Waals surface area contributed by atoms with Crippen LogP contribution in [0.25, 0.3) is 0 Å². The third-order valence-corrected chi connectivity index (χ3v) is 5.92. The Bertz CT molecular complexity index is 768. The maximum absolute atomic E-state index is 13.0. The molecule has 1 atom stereocenters. The summed E-state index contributed by atoms with van der Waals surface area (Å²) in [4.78, 5) is 0.326. The molecular weight excluding hydrogens is 314 g/mol. The van der Waals surface area contributed by atoms with Gasteiger partial charge in [0.1, 0.15) is 0 Å². The summed E-state index contributed by atoms with van der Waals surface area (Å²) in [7, 11) is -1.90. The highest BCUT2D eigenvalue weighted by Gasteiger charge is 2.31. The summed E-state index contributed by atoms with van der Waals surface area (Å²) in [5.74, 6) is 0.0707. The molecule has 3 rings (SSSR count). The number of fused-ring (bicyclic) bond motifs is 1. The van der Waals surface area contributed by atoms with Crippen LogP contribution in [-0.2, 0) is 27.8 Å². The van der Waals surface area contributed by atoms with Gasteiger partial charge in [0.2, 0.25) is 10.0 Å². The Morgan fingerprint density at radius 3 is 2.65 bits per heavy atom. The predicted molar refractivity (Wildman–Crippen MR) is 86.4 cm³/mol. The summed E-state index contributed by atoms with van der Waals surface area (Å²) in [5, 5.41) is 4.29. The molecule has 0 fully saturated rings. The SMILES string of the molecule is COC[C@@H]1CN(S(=O)(=O)c2ccc(C)cc2)Cc2ccnn2C1. The normalized spacial score (nSPS) is 19.3. The number of ether oxygens (including phenoxy) is 1. The Kier molecular flexibility index (Phi) is 4.52. The van der Waals surface area contributed by atoms with Gasteiger partial charge >= 0.3 is 0 Å². The molecule has 1 aliphatic heterocycles. The van der Waals surface area contributed by atoms with E-state index in [1.807, 2.05) is 29.8 Å². The molecule has 1 aliphatic rings. The molecule has 2 heterocycles. The third kappa shape index (κ3) is 3.31. The fourth-order valence-electron chi connectivity index (χ4n) is 2.88.